The second kappa shape index (κ2) is 11.8. The van der Waals surface area contributed by atoms with Gasteiger partial charge < -0.3 is 4.74 Å². The minimum atomic E-state index is -3.65. The van der Waals surface area contributed by atoms with Crippen LogP contribution < -0.4 is 4.72 Å². The number of esters is 1. The van der Waals surface area contributed by atoms with Gasteiger partial charge in [0.25, 0.3) is 0 Å². The van der Waals surface area contributed by atoms with Gasteiger partial charge in [-0.3, -0.25) is 14.4 Å². The van der Waals surface area contributed by atoms with Gasteiger partial charge in [0.15, 0.2) is 5.78 Å². The smallest absolute Gasteiger partial charge is 0.306 e. The number of rotatable bonds is 12. The number of nitrogens with one attached hydrogen (secondary N) is 1. The number of Topliss-reactive ketones (excluding diaryl/α,β-unsaturated/α-hetero) is 2. The van der Waals surface area contributed by atoms with E-state index in [1.807, 2.05) is 25.1 Å². The molecule has 2 aromatic rings. The summed E-state index contributed by atoms with van der Waals surface area (Å²) in [6.07, 6.45) is 4.01. The number of hydrogen-bond donors (Lipinski definition) is 1. The average molecular weight is 507 g/mol. The lowest BCUT2D eigenvalue weighted by atomic mass is 9.90. The van der Waals surface area contributed by atoms with Gasteiger partial charge in [0.2, 0.25) is 10.0 Å². The Balaban J connectivity index is 1.57. The predicted octanol–water partition coefficient (Wildman–Crippen LogP) is 3.16. The van der Waals surface area contributed by atoms with E-state index in [2.05, 4.69) is 14.4 Å². The molecule has 1 aromatic heterocycles. The van der Waals surface area contributed by atoms with Crippen molar-refractivity contribution in [1.82, 2.24) is 9.71 Å². The van der Waals surface area contributed by atoms with Crippen LogP contribution >= 0.6 is 11.3 Å². The highest BCUT2D eigenvalue weighted by Crippen LogP contribution is 2.29. The molecule has 1 aliphatic carbocycles. The van der Waals surface area contributed by atoms with Crippen molar-refractivity contribution in [3.8, 4) is 0 Å². The maximum Gasteiger partial charge on any atom is 0.306 e. The highest BCUT2D eigenvalue weighted by atomic mass is 32.2. The number of ether oxygens (including phenoxy) is 1. The van der Waals surface area contributed by atoms with Crippen LogP contribution in [-0.4, -0.2) is 43.8 Å². The summed E-state index contributed by atoms with van der Waals surface area (Å²) in [6, 6.07) is 5.67. The van der Waals surface area contributed by atoms with Crippen LogP contribution in [0.4, 0.5) is 0 Å². The van der Waals surface area contributed by atoms with E-state index < -0.39 is 16.0 Å². The number of carbonyl (C=O) groups is 3. The average Bonchev–Trinajstić information content (AvgIpc) is 3.49. The Hall–Kier alpha value is -2.43. The SMILES string of the molecule is COC(=O)CCS(=O)(=O)NCc1csc(CC(=O)Cc2ccc(C)cc2C(=O)C2CCCC2)n1. The predicted molar refractivity (Wildman–Crippen MR) is 129 cm³/mol. The lowest BCUT2D eigenvalue weighted by Gasteiger charge is -2.13. The van der Waals surface area contributed by atoms with Crippen molar-refractivity contribution < 1.29 is 27.5 Å². The zero-order chi connectivity index (χ0) is 24.7. The van der Waals surface area contributed by atoms with Crippen molar-refractivity contribution in [3.63, 3.8) is 0 Å². The molecule has 34 heavy (non-hydrogen) atoms. The van der Waals surface area contributed by atoms with Gasteiger partial charge in [0, 0.05) is 23.3 Å². The Kier molecular flexibility index (Phi) is 9.10. The molecule has 1 N–H and O–H groups in total. The number of carbonyl (C=O) groups excluding carboxylic acids is 3. The van der Waals surface area contributed by atoms with Crippen molar-refractivity contribution in [1.29, 1.82) is 0 Å². The first-order valence-electron chi connectivity index (χ1n) is 11.3. The number of benzene rings is 1. The normalized spacial score (nSPS) is 14.3. The fourth-order valence-electron chi connectivity index (χ4n) is 4.01. The minimum absolute atomic E-state index is 0.0216. The third-order valence-corrected chi connectivity index (χ3v) is 8.09. The quantitative estimate of drug-likeness (QED) is 0.347. The number of aromatic nitrogens is 1. The van der Waals surface area contributed by atoms with Crippen LogP contribution in [0.1, 0.15) is 64.3 Å². The van der Waals surface area contributed by atoms with E-state index in [0.717, 1.165) is 36.8 Å². The molecule has 1 heterocycles. The Bertz CT molecular complexity index is 1150. The van der Waals surface area contributed by atoms with Crippen LogP contribution in [0.5, 0.6) is 0 Å². The van der Waals surface area contributed by atoms with Gasteiger partial charge in [-0.1, -0.05) is 30.5 Å². The van der Waals surface area contributed by atoms with Gasteiger partial charge in [-0.25, -0.2) is 18.1 Å². The summed E-state index contributed by atoms with van der Waals surface area (Å²) in [5.41, 5.74) is 2.90. The summed E-state index contributed by atoms with van der Waals surface area (Å²) in [5, 5.41) is 2.29. The van der Waals surface area contributed by atoms with Crippen LogP contribution in [0, 0.1) is 12.8 Å². The van der Waals surface area contributed by atoms with Gasteiger partial charge in [-0.05, 0) is 31.4 Å². The molecule has 1 fully saturated rings. The summed E-state index contributed by atoms with van der Waals surface area (Å²) >= 11 is 1.29. The van der Waals surface area contributed by atoms with Crippen molar-refractivity contribution in [2.24, 2.45) is 5.92 Å². The molecule has 0 atom stereocenters. The number of aryl methyl sites for hydroxylation is 1. The van der Waals surface area contributed by atoms with Crippen molar-refractivity contribution in [3.05, 3.63) is 51.0 Å². The number of nitrogens with zero attached hydrogens (tertiary/aromatic N) is 1. The molecule has 0 amide bonds. The lowest BCUT2D eigenvalue weighted by molar-refractivity contribution is -0.140. The van der Waals surface area contributed by atoms with E-state index in [1.165, 1.54) is 18.4 Å². The van der Waals surface area contributed by atoms with Gasteiger partial charge in [-0.15, -0.1) is 11.3 Å². The molecule has 0 spiro atoms. The number of ketones is 2. The standard InChI is InChI=1S/C24H30N2O6S2/c1-16-7-8-18(21(11-16)24(29)17-5-3-4-6-17)12-20(27)13-22-26-19(15-33-22)14-25-34(30,31)10-9-23(28)32-2/h7-8,11,15,17,25H,3-6,9-10,12-14H2,1-2H3. The second-order valence-corrected chi connectivity index (χ2v) is 11.5. The molecule has 184 valence electrons. The molecular formula is C24H30N2O6S2. The van der Waals surface area contributed by atoms with Crippen molar-refractivity contribution in [2.75, 3.05) is 12.9 Å². The lowest BCUT2D eigenvalue weighted by Crippen LogP contribution is -2.27. The number of methoxy groups -OCH3 is 1. The fourth-order valence-corrected chi connectivity index (χ4v) is 5.78. The minimum Gasteiger partial charge on any atom is -0.469 e. The van der Waals surface area contributed by atoms with E-state index in [9.17, 15) is 22.8 Å². The van der Waals surface area contributed by atoms with E-state index in [0.29, 0.717) is 16.3 Å². The van der Waals surface area contributed by atoms with E-state index in [4.69, 9.17) is 0 Å². The molecule has 1 aliphatic rings. The molecule has 8 nitrogen and oxygen atoms in total. The first-order chi connectivity index (χ1) is 16.2. The zero-order valence-corrected chi connectivity index (χ0v) is 21.1. The molecule has 0 saturated heterocycles. The van der Waals surface area contributed by atoms with Crippen LogP contribution in [0.3, 0.4) is 0 Å². The van der Waals surface area contributed by atoms with Gasteiger partial charge >= 0.3 is 5.97 Å². The topological polar surface area (TPSA) is 119 Å². The molecule has 0 aliphatic heterocycles. The molecule has 1 aromatic carbocycles. The highest BCUT2D eigenvalue weighted by molar-refractivity contribution is 7.89. The molecule has 0 bridgehead atoms. The van der Waals surface area contributed by atoms with E-state index >= 15 is 0 Å². The van der Waals surface area contributed by atoms with Crippen LogP contribution in [0.15, 0.2) is 23.6 Å². The maximum atomic E-state index is 13.0. The first-order valence-corrected chi connectivity index (χ1v) is 13.8. The zero-order valence-electron chi connectivity index (χ0n) is 19.5. The summed E-state index contributed by atoms with van der Waals surface area (Å²) in [4.78, 5) is 41.3. The third kappa shape index (κ3) is 7.54. The Labute approximate surface area is 204 Å². The second-order valence-electron chi connectivity index (χ2n) is 8.60. The van der Waals surface area contributed by atoms with Crippen LogP contribution in [0.25, 0.3) is 0 Å². The van der Waals surface area contributed by atoms with Gasteiger partial charge in [0.05, 0.1) is 37.9 Å². The molecule has 10 heteroatoms. The number of thiazole rings is 1. The summed E-state index contributed by atoms with van der Waals surface area (Å²) in [7, 11) is -2.45. The number of hydrogen-bond acceptors (Lipinski definition) is 8. The maximum absolute atomic E-state index is 13.0. The monoisotopic (exact) mass is 506 g/mol. The highest BCUT2D eigenvalue weighted by Gasteiger charge is 2.26. The molecule has 0 radical (unpaired) electrons. The van der Waals surface area contributed by atoms with Crippen LogP contribution in [0.2, 0.25) is 0 Å². The Morgan fingerprint density at radius 1 is 1.18 bits per heavy atom. The largest absolute Gasteiger partial charge is 0.469 e. The first kappa shape index (κ1) is 26.2. The molecule has 3 rings (SSSR count). The molecular weight excluding hydrogens is 476 g/mol. The Morgan fingerprint density at radius 3 is 2.62 bits per heavy atom. The van der Waals surface area contributed by atoms with Crippen molar-refractivity contribution in [2.45, 2.75) is 58.4 Å². The van der Waals surface area contributed by atoms with E-state index in [1.54, 1.807) is 5.38 Å². The summed E-state index contributed by atoms with van der Waals surface area (Å²) < 4.78 is 30.8. The Morgan fingerprint density at radius 2 is 1.91 bits per heavy atom. The number of sulfonamides is 1. The van der Waals surface area contributed by atoms with Gasteiger partial charge in [-0.2, -0.15) is 0 Å². The summed E-state index contributed by atoms with van der Waals surface area (Å²) in [6.45, 7) is 1.92. The molecule has 0 unspecified atom stereocenters. The van der Waals surface area contributed by atoms with Gasteiger partial charge in [0.1, 0.15) is 10.8 Å². The van der Waals surface area contributed by atoms with Crippen LogP contribution in [-0.2, 0) is 43.7 Å². The van der Waals surface area contributed by atoms with E-state index in [-0.39, 0.29) is 49.0 Å². The molecule has 1 saturated carbocycles. The third-order valence-electron chi connectivity index (χ3n) is 5.87. The summed E-state index contributed by atoms with van der Waals surface area (Å²) in [5.74, 6) is -0.827. The fraction of sp³-hybridized carbons (Fsp3) is 0.500. The van der Waals surface area contributed by atoms with Crippen molar-refractivity contribution >= 4 is 38.9 Å².